The molecule has 2 amide bonds. The fourth-order valence-electron chi connectivity index (χ4n) is 1.18. The van der Waals surface area contributed by atoms with E-state index in [0.29, 0.717) is 19.7 Å². The highest BCUT2D eigenvalue weighted by Crippen LogP contribution is 1.92. The van der Waals surface area contributed by atoms with E-state index in [-0.39, 0.29) is 18.7 Å². The zero-order valence-corrected chi connectivity index (χ0v) is 10.0. The lowest BCUT2D eigenvalue weighted by atomic mass is 10.4. The third-order valence-corrected chi connectivity index (χ3v) is 1.99. The highest BCUT2D eigenvalue weighted by Gasteiger charge is 2.14. The maximum atomic E-state index is 11.5. The molecule has 0 saturated heterocycles. The van der Waals surface area contributed by atoms with Crippen LogP contribution in [0.1, 0.15) is 20.8 Å². The Hall–Kier alpha value is -1.30. The zero-order chi connectivity index (χ0) is 12.6. The van der Waals surface area contributed by atoms with Crippen LogP contribution < -0.4 is 5.32 Å². The lowest BCUT2D eigenvalue weighted by Crippen LogP contribution is -2.44. The molecule has 0 saturated carbocycles. The summed E-state index contributed by atoms with van der Waals surface area (Å²) in [6.45, 7) is 6.49. The van der Waals surface area contributed by atoms with Gasteiger partial charge in [0.05, 0.1) is 6.10 Å². The molecule has 0 aromatic carbocycles. The summed E-state index contributed by atoms with van der Waals surface area (Å²) >= 11 is 0. The molecule has 0 spiro atoms. The van der Waals surface area contributed by atoms with Gasteiger partial charge in [0.2, 0.25) is 0 Å². The number of carbonyl (C=O) groups excluding carboxylic acids is 1. The molecule has 16 heavy (non-hydrogen) atoms. The van der Waals surface area contributed by atoms with E-state index in [0.717, 1.165) is 0 Å². The predicted molar refractivity (Wildman–Crippen MR) is 59.4 cm³/mol. The number of ether oxygens (including phenoxy) is 1. The number of amides is 2. The number of hydrogen-bond donors (Lipinski definition) is 2. The number of likely N-dealkylation sites (N-methyl/N-ethyl adjacent to an activating group) is 1. The first kappa shape index (κ1) is 14.7. The van der Waals surface area contributed by atoms with Gasteiger partial charge < -0.3 is 20.1 Å². The van der Waals surface area contributed by atoms with Gasteiger partial charge in [-0.05, 0) is 20.8 Å². The Balaban J connectivity index is 3.97. The Morgan fingerprint density at radius 2 is 2.06 bits per heavy atom. The summed E-state index contributed by atoms with van der Waals surface area (Å²) in [6.07, 6.45) is -0.0718. The second-order valence-corrected chi connectivity index (χ2v) is 3.36. The van der Waals surface area contributed by atoms with Crippen molar-refractivity contribution in [2.75, 3.05) is 26.2 Å². The molecule has 0 aliphatic rings. The van der Waals surface area contributed by atoms with E-state index in [4.69, 9.17) is 9.84 Å². The van der Waals surface area contributed by atoms with Crippen LogP contribution in [0.5, 0.6) is 0 Å². The van der Waals surface area contributed by atoms with E-state index < -0.39 is 5.97 Å². The van der Waals surface area contributed by atoms with Crippen molar-refractivity contribution in [3.05, 3.63) is 0 Å². The van der Waals surface area contributed by atoms with Gasteiger partial charge in [0, 0.05) is 19.7 Å². The van der Waals surface area contributed by atoms with Crippen molar-refractivity contribution in [2.45, 2.75) is 26.9 Å². The van der Waals surface area contributed by atoms with Gasteiger partial charge in [-0.2, -0.15) is 0 Å². The van der Waals surface area contributed by atoms with Crippen LogP contribution in [0.15, 0.2) is 0 Å². The van der Waals surface area contributed by atoms with Crippen molar-refractivity contribution < 1.29 is 19.4 Å². The molecule has 0 fully saturated rings. The zero-order valence-electron chi connectivity index (χ0n) is 10.0. The molecule has 94 valence electrons. The fourth-order valence-corrected chi connectivity index (χ4v) is 1.18. The third kappa shape index (κ3) is 6.23. The minimum atomic E-state index is -1.02. The summed E-state index contributed by atoms with van der Waals surface area (Å²) in [7, 11) is 0. The molecule has 1 atom stereocenters. The van der Waals surface area contributed by atoms with Crippen molar-refractivity contribution >= 4 is 12.0 Å². The van der Waals surface area contributed by atoms with Crippen LogP contribution in [-0.2, 0) is 9.53 Å². The summed E-state index contributed by atoms with van der Waals surface area (Å²) < 4.78 is 5.24. The molecule has 0 aromatic rings. The number of nitrogens with one attached hydrogen (secondary N) is 1. The fraction of sp³-hybridized carbons (Fsp3) is 0.800. The van der Waals surface area contributed by atoms with Gasteiger partial charge in [0.1, 0.15) is 6.54 Å². The van der Waals surface area contributed by atoms with Gasteiger partial charge in [0.25, 0.3) is 0 Å². The standard InChI is InChI=1S/C10H20N2O4/c1-4-12(7-9(13)14)10(15)11-6-8(3)16-5-2/h8H,4-7H2,1-3H3,(H,11,15)(H,13,14). The van der Waals surface area contributed by atoms with E-state index >= 15 is 0 Å². The van der Waals surface area contributed by atoms with E-state index in [9.17, 15) is 9.59 Å². The molecule has 0 heterocycles. The summed E-state index contributed by atoms with van der Waals surface area (Å²) in [5.41, 5.74) is 0. The first-order chi connectivity index (χ1) is 7.51. The average molecular weight is 232 g/mol. The number of carboxylic acid groups (broad SMARTS) is 1. The van der Waals surface area contributed by atoms with Crippen LogP contribution in [0, 0.1) is 0 Å². The van der Waals surface area contributed by atoms with Gasteiger partial charge in [0.15, 0.2) is 0 Å². The number of rotatable bonds is 7. The number of carboxylic acids is 1. The maximum absolute atomic E-state index is 11.5. The van der Waals surface area contributed by atoms with E-state index in [1.54, 1.807) is 6.92 Å². The SMILES string of the molecule is CCOC(C)CNC(=O)N(CC)CC(=O)O. The van der Waals surface area contributed by atoms with Gasteiger partial charge >= 0.3 is 12.0 Å². The Morgan fingerprint density at radius 1 is 1.44 bits per heavy atom. The van der Waals surface area contributed by atoms with Crippen LogP contribution in [0.25, 0.3) is 0 Å². The lowest BCUT2D eigenvalue weighted by Gasteiger charge is -2.20. The third-order valence-electron chi connectivity index (χ3n) is 1.99. The molecular weight excluding hydrogens is 212 g/mol. The summed E-state index contributed by atoms with van der Waals surface area (Å²) in [4.78, 5) is 23.2. The van der Waals surface area contributed by atoms with Crippen LogP contribution in [-0.4, -0.2) is 54.4 Å². The number of urea groups is 1. The largest absolute Gasteiger partial charge is 0.480 e. The smallest absolute Gasteiger partial charge is 0.323 e. The second-order valence-electron chi connectivity index (χ2n) is 3.36. The molecule has 6 nitrogen and oxygen atoms in total. The van der Waals surface area contributed by atoms with Crippen LogP contribution in [0.2, 0.25) is 0 Å². The lowest BCUT2D eigenvalue weighted by molar-refractivity contribution is -0.137. The summed E-state index contributed by atoms with van der Waals surface area (Å²) in [5, 5.41) is 11.2. The van der Waals surface area contributed by atoms with E-state index in [2.05, 4.69) is 5.32 Å². The second kappa shape index (κ2) is 7.92. The van der Waals surface area contributed by atoms with Crippen molar-refractivity contribution in [1.29, 1.82) is 0 Å². The highest BCUT2D eigenvalue weighted by atomic mass is 16.5. The Bertz CT molecular complexity index is 233. The van der Waals surface area contributed by atoms with Gasteiger partial charge in [-0.3, -0.25) is 4.79 Å². The van der Waals surface area contributed by atoms with Crippen LogP contribution in [0.4, 0.5) is 4.79 Å². The first-order valence-electron chi connectivity index (χ1n) is 5.37. The quantitative estimate of drug-likeness (QED) is 0.671. The topological polar surface area (TPSA) is 78.9 Å². The molecule has 1 unspecified atom stereocenters. The normalized spacial score (nSPS) is 11.9. The molecule has 0 aromatic heterocycles. The van der Waals surface area contributed by atoms with Crippen molar-refractivity contribution in [3.63, 3.8) is 0 Å². The highest BCUT2D eigenvalue weighted by molar-refractivity contribution is 5.80. The van der Waals surface area contributed by atoms with E-state index in [1.165, 1.54) is 4.90 Å². The minimum absolute atomic E-state index is 0.0718. The maximum Gasteiger partial charge on any atom is 0.323 e. The van der Waals surface area contributed by atoms with Crippen LogP contribution >= 0.6 is 0 Å². The molecule has 0 rings (SSSR count). The minimum Gasteiger partial charge on any atom is -0.480 e. The number of nitrogens with zero attached hydrogens (tertiary/aromatic N) is 1. The Morgan fingerprint density at radius 3 is 2.50 bits per heavy atom. The van der Waals surface area contributed by atoms with Gasteiger partial charge in [-0.1, -0.05) is 0 Å². The monoisotopic (exact) mass is 232 g/mol. The van der Waals surface area contributed by atoms with Crippen molar-refractivity contribution in [1.82, 2.24) is 10.2 Å². The molecule has 0 bridgehead atoms. The molecule has 0 radical (unpaired) electrons. The number of aliphatic carboxylic acids is 1. The average Bonchev–Trinajstić information content (AvgIpc) is 2.22. The van der Waals surface area contributed by atoms with Crippen molar-refractivity contribution in [3.8, 4) is 0 Å². The van der Waals surface area contributed by atoms with Crippen molar-refractivity contribution in [2.24, 2.45) is 0 Å². The van der Waals surface area contributed by atoms with Gasteiger partial charge in [-0.15, -0.1) is 0 Å². The van der Waals surface area contributed by atoms with Gasteiger partial charge in [-0.25, -0.2) is 4.79 Å². The van der Waals surface area contributed by atoms with E-state index in [1.807, 2.05) is 13.8 Å². The first-order valence-corrected chi connectivity index (χ1v) is 5.37. The Kier molecular flexibility index (Phi) is 7.28. The predicted octanol–water partition coefficient (Wildman–Crippen LogP) is 0.527. The van der Waals surface area contributed by atoms with Crippen LogP contribution in [0.3, 0.4) is 0 Å². The molecule has 2 N–H and O–H groups in total. The molecule has 0 aliphatic heterocycles. The molecule has 6 heteroatoms. The Labute approximate surface area is 95.6 Å². The molecule has 0 aliphatic carbocycles. The number of carbonyl (C=O) groups is 2. The number of hydrogen-bond acceptors (Lipinski definition) is 3. The summed E-state index contributed by atoms with van der Waals surface area (Å²) in [5.74, 6) is -1.02. The summed E-state index contributed by atoms with van der Waals surface area (Å²) in [6, 6.07) is -0.378. The molecular formula is C10H20N2O4.